The van der Waals surface area contributed by atoms with E-state index in [9.17, 15) is 17.6 Å². The van der Waals surface area contributed by atoms with E-state index in [1.54, 1.807) is 12.1 Å². The molecule has 0 unspecified atom stereocenters. The summed E-state index contributed by atoms with van der Waals surface area (Å²) >= 11 is 0. The van der Waals surface area contributed by atoms with Gasteiger partial charge in [0.1, 0.15) is 0 Å². The molecule has 0 spiro atoms. The fourth-order valence-corrected chi connectivity index (χ4v) is 4.29. The van der Waals surface area contributed by atoms with Crippen LogP contribution in [0.3, 0.4) is 0 Å². The van der Waals surface area contributed by atoms with Gasteiger partial charge in [0.05, 0.1) is 0 Å². The molecule has 0 radical (unpaired) electrons. The zero-order valence-corrected chi connectivity index (χ0v) is 16.8. The second-order valence-electron chi connectivity index (χ2n) is 8.22. The molecule has 0 heterocycles. The molecule has 154 valence electrons. The smallest absolute Gasteiger partial charge is 0.199 e. The number of hydrogen-bond acceptors (Lipinski definition) is 0. The molecule has 1 aromatic rings. The summed E-state index contributed by atoms with van der Waals surface area (Å²) in [6.45, 7) is 3.71. The lowest BCUT2D eigenvalue weighted by Gasteiger charge is -2.30. The molecule has 1 fully saturated rings. The SMILES string of the molecule is CCCCCC[C@H]1CC[C@H](c2ccc(C(F)(F)C(F)(F)CCC)cc2)CC1. The molecule has 0 aliphatic heterocycles. The predicted molar refractivity (Wildman–Crippen MR) is 104 cm³/mol. The maximum atomic E-state index is 14.2. The van der Waals surface area contributed by atoms with E-state index in [1.807, 2.05) is 0 Å². The van der Waals surface area contributed by atoms with Crippen LogP contribution in [0.25, 0.3) is 0 Å². The zero-order chi connectivity index (χ0) is 19.9. The Hall–Kier alpha value is -1.06. The Bertz CT molecular complexity index is 542. The van der Waals surface area contributed by atoms with Crippen molar-refractivity contribution in [2.75, 3.05) is 0 Å². The Kier molecular flexibility index (Phi) is 8.18. The molecule has 0 saturated heterocycles. The lowest BCUT2D eigenvalue weighted by Crippen LogP contribution is -2.37. The third-order valence-electron chi connectivity index (χ3n) is 6.08. The van der Waals surface area contributed by atoms with Crippen LogP contribution in [0.5, 0.6) is 0 Å². The molecule has 0 nitrogen and oxygen atoms in total. The molecule has 0 aromatic heterocycles. The molecule has 1 aliphatic rings. The normalized spacial score (nSPS) is 21.4. The first-order valence-corrected chi connectivity index (χ1v) is 10.7. The summed E-state index contributed by atoms with van der Waals surface area (Å²) in [7, 11) is 0. The molecule has 2 rings (SSSR count). The number of unbranched alkanes of at least 4 members (excludes halogenated alkanes) is 3. The van der Waals surface area contributed by atoms with Gasteiger partial charge < -0.3 is 0 Å². The van der Waals surface area contributed by atoms with Gasteiger partial charge in [0.2, 0.25) is 0 Å². The van der Waals surface area contributed by atoms with Gasteiger partial charge in [0.25, 0.3) is 0 Å². The van der Waals surface area contributed by atoms with E-state index in [1.165, 1.54) is 64.0 Å². The topological polar surface area (TPSA) is 0 Å². The summed E-state index contributed by atoms with van der Waals surface area (Å²) in [5.41, 5.74) is 0.437. The second-order valence-corrected chi connectivity index (χ2v) is 8.22. The van der Waals surface area contributed by atoms with Crippen LogP contribution >= 0.6 is 0 Å². The average Bonchev–Trinajstić information content (AvgIpc) is 2.66. The molecule has 1 saturated carbocycles. The highest BCUT2D eigenvalue weighted by atomic mass is 19.3. The Balaban J connectivity index is 1.91. The first-order valence-electron chi connectivity index (χ1n) is 10.7. The van der Waals surface area contributed by atoms with E-state index >= 15 is 0 Å². The molecule has 1 aliphatic carbocycles. The summed E-state index contributed by atoms with van der Waals surface area (Å²) < 4.78 is 55.9. The molecule has 0 atom stereocenters. The molecule has 0 amide bonds. The summed E-state index contributed by atoms with van der Waals surface area (Å²) in [6, 6.07) is 5.68. The van der Waals surface area contributed by atoms with E-state index in [2.05, 4.69) is 6.92 Å². The van der Waals surface area contributed by atoms with Crippen LogP contribution in [0.1, 0.15) is 102 Å². The van der Waals surface area contributed by atoms with E-state index in [0.717, 1.165) is 24.3 Å². The lowest BCUT2D eigenvalue weighted by molar-refractivity contribution is -0.219. The minimum absolute atomic E-state index is 0.0301. The van der Waals surface area contributed by atoms with Crippen LogP contribution in [0.4, 0.5) is 17.6 Å². The van der Waals surface area contributed by atoms with Crippen LogP contribution < -0.4 is 0 Å². The lowest BCUT2D eigenvalue weighted by atomic mass is 9.77. The number of benzene rings is 1. The highest BCUT2D eigenvalue weighted by Crippen LogP contribution is 2.46. The second kappa shape index (κ2) is 9.93. The summed E-state index contributed by atoms with van der Waals surface area (Å²) in [6.07, 6.45) is 10.2. The standard InChI is InChI=1S/C23H34F4/c1-3-5-6-7-8-18-9-11-19(12-10-18)20-13-15-21(16-14-20)23(26,27)22(24,25)17-4-2/h13-16,18-19H,3-12,17H2,1-2H3/t18-,19-. The van der Waals surface area contributed by atoms with Gasteiger partial charge in [-0.05, 0) is 43.1 Å². The minimum Gasteiger partial charge on any atom is -0.199 e. The van der Waals surface area contributed by atoms with Crippen LogP contribution in [-0.4, -0.2) is 5.92 Å². The Morgan fingerprint density at radius 2 is 1.44 bits per heavy atom. The molecular weight excluding hydrogens is 352 g/mol. The maximum Gasteiger partial charge on any atom is 0.335 e. The van der Waals surface area contributed by atoms with Gasteiger partial charge >= 0.3 is 11.8 Å². The van der Waals surface area contributed by atoms with Crippen molar-refractivity contribution in [3.63, 3.8) is 0 Å². The summed E-state index contributed by atoms with van der Waals surface area (Å²) in [4.78, 5) is 0. The van der Waals surface area contributed by atoms with Gasteiger partial charge in [-0.3, -0.25) is 0 Å². The van der Waals surface area contributed by atoms with E-state index in [4.69, 9.17) is 0 Å². The van der Waals surface area contributed by atoms with Gasteiger partial charge in [-0.25, -0.2) is 0 Å². The quantitative estimate of drug-likeness (QED) is 0.279. The number of hydrogen-bond donors (Lipinski definition) is 0. The number of alkyl halides is 4. The van der Waals surface area contributed by atoms with Crippen molar-refractivity contribution in [1.82, 2.24) is 0 Å². The third kappa shape index (κ3) is 5.71. The van der Waals surface area contributed by atoms with Crippen LogP contribution in [-0.2, 0) is 5.92 Å². The monoisotopic (exact) mass is 386 g/mol. The van der Waals surface area contributed by atoms with Crippen molar-refractivity contribution >= 4 is 0 Å². The fraction of sp³-hybridized carbons (Fsp3) is 0.739. The maximum absolute atomic E-state index is 14.2. The molecule has 27 heavy (non-hydrogen) atoms. The fourth-order valence-electron chi connectivity index (χ4n) is 4.29. The number of rotatable bonds is 10. The largest absolute Gasteiger partial charge is 0.335 e. The first-order chi connectivity index (χ1) is 12.8. The van der Waals surface area contributed by atoms with E-state index in [0.29, 0.717) is 5.92 Å². The highest BCUT2D eigenvalue weighted by Gasteiger charge is 2.56. The van der Waals surface area contributed by atoms with Crippen LogP contribution in [0, 0.1) is 5.92 Å². The number of halogens is 4. The summed E-state index contributed by atoms with van der Waals surface area (Å²) in [5, 5.41) is 0. The Labute approximate surface area is 161 Å². The van der Waals surface area contributed by atoms with E-state index in [-0.39, 0.29) is 6.42 Å². The first kappa shape index (κ1) is 22.2. The van der Waals surface area contributed by atoms with E-state index < -0.39 is 23.8 Å². The summed E-state index contributed by atoms with van der Waals surface area (Å²) in [5.74, 6) is -6.96. The average molecular weight is 387 g/mol. The zero-order valence-electron chi connectivity index (χ0n) is 16.8. The van der Waals surface area contributed by atoms with Crippen molar-refractivity contribution < 1.29 is 17.6 Å². The minimum atomic E-state index is -4.11. The highest BCUT2D eigenvalue weighted by molar-refractivity contribution is 5.29. The van der Waals surface area contributed by atoms with Gasteiger partial charge in [-0.15, -0.1) is 0 Å². The molecule has 0 bridgehead atoms. The van der Waals surface area contributed by atoms with Gasteiger partial charge in [-0.1, -0.05) is 76.6 Å². The molecule has 0 N–H and O–H groups in total. The van der Waals surface area contributed by atoms with Crippen molar-refractivity contribution in [2.24, 2.45) is 5.92 Å². The molecule has 4 heteroatoms. The van der Waals surface area contributed by atoms with Crippen molar-refractivity contribution in [3.05, 3.63) is 35.4 Å². The van der Waals surface area contributed by atoms with Crippen LogP contribution in [0.2, 0.25) is 0 Å². The van der Waals surface area contributed by atoms with Crippen molar-refractivity contribution in [3.8, 4) is 0 Å². The Morgan fingerprint density at radius 3 is 2.00 bits per heavy atom. The van der Waals surface area contributed by atoms with Gasteiger partial charge in [0.15, 0.2) is 0 Å². The van der Waals surface area contributed by atoms with Crippen molar-refractivity contribution in [2.45, 2.75) is 102 Å². The van der Waals surface area contributed by atoms with Gasteiger partial charge in [0, 0.05) is 12.0 Å². The third-order valence-corrected chi connectivity index (χ3v) is 6.08. The van der Waals surface area contributed by atoms with Gasteiger partial charge in [-0.2, -0.15) is 17.6 Å². The predicted octanol–water partition coefficient (Wildman–Crippen LogP) is 8.46. The molecule has 1 aromatic carbocycles. The van der Waals surface area contributed by atoms with Crippen LogP contribution in [0.15, 0.2) is 24.3 Å². The molecular formula is C23H34F4. The van der Waals surface area contributed by atoms with Crippen molar-refractivity contribution in [1.29, 1.82) is 0 Å². The Morgan fingerprint density at radius 1 is 0.815 bits per heavy atom.